The van der Waals surface area contributed by atoms with Crippen molar-refractivity contribution >= 4 is 17.8 Å². The Bertz CT molecular complexity index is 535. The van der Waals surface area contributed by atoms with Crippen LogP contribution in [0.15, 0.2) is 0 Å². The van der Waals surface area contributed by atoms with Crippen LogP contribution in [0.25, 0.3) is 0 Å². The number of nitrogens with zero attached hydrogens (tertiary/aromatic N) is 3. The average molecular weight is 310 g/mol. The third kappa shape index (κ3) is 3.96. The third-order valence-corrected chi connectivity index (χ3v) is 3.78. The van der Waals surface area contributed by atoms with E-state index in [0.29, 0.717) is 5.92 Å². The van der Waals surface area contributed by atoms with Gasteiger partial charge in [0.2, 0.25) is 5.69 Å². The molecule has 8 nitrogen and oxygen atoms in total. The highest BCUT2D eigenvalue weighted by Crippen LogP contribution is 2.25. The number of hydrogen-bond acceptors (Lipinski definition) is 7. The van der Waals surface area contributed by atoms with Crippen LogP contribution in [0.1, 0.15) is 50.0 Å². The molecule has 1 aromatic heterocycles. The largest absolute Gasteiger partial charge is 0.461 e. The molecule has 0 spiro atoms. The molecule has 8 heteroatoms. The summed E-state index contributed by atoms with van der Waals surface area (Å²) in [7, 11) is 0. The Kier molecular flexibility index (Phi) is 5.35. The third-order valence-electron chi connectivity index (χ3n) is 3.78. The lowest BCUT2D eigenvalue weighted by atomic mass is 9.89. The summed E-state index contributed by atoms with van der Waals surface area (Å²) in [6.45, 7) is 3.93. The zero-order chi connectivity index (χ0) is 16.1. The number of anilines is 1. The Morgan fingerprint density at radius 2 is 2.00 bits per heavy atom. The van der Waals surface area contributed by atoms with Gasteiger partial charge in [-0.25, -0.2) is 9.48 Å². The molecule has 1 aromatic rings. The second kappa shape index (κ2) is 7.24. The zero-order valence-corrected chi connectivity index (χ0v) is 12.9. The van der Waals surface area contributed by atoms with Gasteiger partial charge in [0.05, 0.1) is 6.61 Å². The molecule has 122 valence electrons. The van der Waals surface area contributed by atoms with Crippen molar-refractivity contribution in [1.29, 1.82) is 0 Å². The van der Waals surface area contributed by atoms with Gasteiger partial charge in [-0.3, -0.25) is 4.79 Å². The molecule has 0 bridgehead atoms. The maximum absolute atomic E-state index is 11.9. The molecule has 0 aliphatic heterocycles. The van der Waals surface area contributed by atoms with E-state index in [1.165, 1.54) is 0 Å². The fraction of sp³-hybridized carbons (Fsp3) is 0.714. The monoisotopic (exact) mass is 310 g/mol. The van der Waals surface area contributed by atoms with Gasteiger partial charge in [-0.1, -0.05) is 12.1 Å². The van der Waals surface area contributed by atoms with Crippen molar-refractivity contribution in [3.8, 4) is 0 Å². The number of aromatic nitrogens is 3. The number of carbonyl (C=O) groups is 2. The molecule has 0 amide bonds. The molecule has 1 aliphatic carbocycles. The van der Waals surface area contributed by atoms with Crippen LogP contribution in [0.4, 0.5) is 5.82 Å². The highest BCUT2D eigenvalue weighted by molar-refractivity contribution is 5.92. The molecule has 1 heterocycles. The van der Waals surface area contributed by atoms with E-state index >= 15 is 0 Å². The molecule has 1 saturated carbocycles. The van der Waals surface area contributed by atoms with Crippen LogP contribution < -0.4 is 5.73 Å². The Hall–Kier alpha value is -2.12. The number of rotatable bonds is 5. The number of ether oxygens (including phenoxy) is 2. The predicted octanol–water partition coefficient (Wildman–Crippen LogP) is 1.16. The molecule has 1 aliphatic rings. The number of nitrogen functional groups attached to an aromatic ring is 1. The Morgan fingerprint density at radius 3 is 2.64 bits per heavy atom. The highest BCUT2D eigenvalue weighted by atomic mass is 16.5. The second-order valence-corrected chi connectivity index (χ2v) is 5.57. The first-order valence-electron chi connectivity index (χ1n) is 7.56. The van der Waals surface area contributed by atoms with Gasteiger partial charge in [0, 0.05) is 0 Å². The Labute approximate surface area is 128 Å². The Balaban J connectivity index is 1.90. The van der Waals surface area contributed by atoms with Crippen molar-refractivity contribution in [3.63, 3.8) is 0 Å². The lowest BCUT2D eigenvalue weighted by Gasteiger charge is -2.25. The lowest BCUT2D eigenvalue weighted by molar-refractivity contribution is -0.151. The quantitative estimate of drug-likeness (QED) is 0.812. The van der Waals surface area contributed by atoms with E-state index in [9.17, 15) is 9.59 Å². The molecule has 0 saturated heterocycles. The molecule has 0 unspecified atom stereocenters. The first kappa shape index (κ1) is 16.3. The van der Waals surface area contributed by atoms with Crippen molar-refractivity contribution in [1.82, 2.24) is 15.0 Å². The SMILES string of the molecule is CCOC(=O)c1nnn(CC(=O)OC2CCC(C)CC2)c1N. The fourth-order valence-electron chi connectivity index (χ4n) is 2.47. The average Bonchev–Trinajstić information content (AvgIpc) is 2.83. The van der Waals surface area contributed by atoms with Gasteiger partial charge in [0.15, 0.2) is 5.82 Å². The minimum absolute atomic E-state index is 0.00710. The summed E-state index contributed by atoms with van der Waals surface area (Å²) >= 11 is 0. The van der Waals surface area contributed by atoms with Crippen molar-refractivity contribution in [2.75, 3.05) is 12.3 Å². The summed E-state index contributed by atoms with van der Waals surface area (Å²) < 4.78 is 11.4. The maximum Gasteiger partial charge on any atom is 0.362 e. The minimum Gasteiger partial charge on any atom is -0.461 e. The molecular weight excluding hydrogens is 288 g/mol. The van der Waals surface area contributed by atoms with E-state index in [0.717, 1.165) is 30.4 Å². The first-order chi connectivity index (χ1) is 10.5. The maximum atomic E-state index is 11.9. The Morgan fingerprint density at radius 1 is 1.32 bits per heavy atom. The van der Waals surface area contributed by atoms with E-state index < -0.39 is 11.9 Å². The van der Waals surface area contributed by atoms with Crippen molar-refractivity contribution in [2.24, 2.45) is 5.92 Å². The number of esters is 2. The highest BCUT2D eigenvalue weighted by Gasteiger charge is 2.24. The van der Waals surface area contributed by atoms with Crippen molar-refractivity contribution in [2.45, 2.75) is 52.2 Å². The summed E-state index contributed by atoms with van der Waals surface area (Å²) in [5, 5.41) is 7.35. The summed E-state index contributed by atoms with van der Waals surface area (Å²) in [6, 6.07) is 0. The fourth-order valence-corrected chi connectivity index (χ4v) is 2.47. The molecular formula is C14H22N4O4. The van der Waals surface area contributed by atoms with Crippen LogP contribution in [0.5, 0.6) is 0 Å². The van der Waals surface area contributed by atoms with Gasteiger partial charge < -0.3 is 15.2 Å². The zero-order valence-electron chi connectivity index (χ0n) is 12.9. The van der Waals surface area contributed by atoms with Crippen molar-refractivity contribution < 1.29 is 19.1 Å². The van der Waals surface area contributed by atoms with Gasteiger partial charge in [0.25, 0.3) is 0 Å². The summed E-state index contributed by atoms with van der Waals surface area (Å²) in [6.07, 6.45) is 3.85. The van der Waals surface area contributed by atoms with Gasteiger partial charge in [-0.15, -0.1) is 5.10 Å². The van der Waals surface area contributed by atoms with Crippen LogP contribution in [0.2, 0.25) is 0 Å². The molecule has 22 heavy (non-hydrogen) atoms. The van der Waals surface area contributed by atoms with Crippen LogP contribution in [0, 0.1) is 5.92 Å². The number of nitrogens with two attached hydrogens (primary N) is 1. The topological polar surface area (TPSA) is 109 Å². The van der Waals surface area contributed by atoms with Gasteiger partial charge in [-0.2, -0.15) is 0 Å². The predicted molar refractivity (Wildman–Crippen MR) is 77.9 cm³/mol. The first-order valence-corrected chi connectivity index (χ1v) is 7.56. The summed E-state index contributed by atoms with van der Waals surface area (Å²) in [5.74, 6) is -0.381. The van der Waals surface area contributed by atoms with E-state index in [1.807, 2.05) is 0 Å². The number of hydrogen-bond donors (Lipinski definition) is 1. The van der Waals surface area contributed by atoms with E-state index in [-0.39, 0.29) is 30.8 Å². The lowest BCUT2D eigenvalue weighted by Crippen LogP contribution is -2.26. The smallest absolute Gasteiger partial charge is 0.362 e. The van der Waals surface area contributed by atoms with Gasteiger partial charge >= 0.3 is 11.9 Å². The van der Waals surface area contributed by atoms with Crippen LogP contribution >= 0.6 is 0 Å². The molecule has 0 aromatic carbocycles. The number of carbonyl (C=O) groups excluding carboxylic acids is 2. The standard InChI is InChI=1S/C14H22N4O4/c1-3-21-14(20)12-13(15)18(17-16-12)8-11(19)22-10-6-4-9(2)5-7-10/h9-10H,3-8,15H2,1-2H3. The van der Waals surface area contributed by atoms with E-state index in [4.69, 9.17) is 15.2 Å². The molecule has 2 rings (SSSR count). The van der Waals surface area contributed by atoms with Crippen LogP contribution in [-0.4, -0.2) is 39.6 Å². The summed E-state index contributed by atoms with van der Waals surface area (Å²) in [4.78, 5) is 23.5. The van der Waals surface area contributed by atoms with E-state index in [2.05, 4.69) is 17.2 Å². The van der Waals surface area contributed by atoms with Gasteiger partial charge in [-0.05, 0) is 38.5 Å². The minimum atomic E-state index is -0.652. The van der Waals surface area contributed by atoms with Crippen LogP contribution in [0.3, 0.4) is 0 Å². The molecule has 2 N–H and O–H groups in total. The van der Waals surface area contributed by atoms with Crippen LogP contribution in [-0.2, 0) is 20.8 Å². The summed E-state index contributed by atoms with van der Waals surface area (Å²) in [5.41, 5.74) is 5.68. The molecule has 1 fully saturated rings. The molecule has 0 atom stereocenters. The molecule has 0 radical (unpaired) electrons. The second-order valence-electron chi connectivity index (χ2n) is 5.57. The van der Waals surface area contributed by atoms with Gasteiger partial charge in [0.1, 0.15) is 12.6 Å². The van der Waals surface area contributed by atoms with E-state index in [1.54, 1.807) is 6.92 Å². The normalized spacial score (nSPS) is 21.4. The van der Waals surface area contributed by atoms with Crippen molar-refractivity contribution in [3.05, 3.63) is 5.69 Å².